The highest BCUT2D eigenvalue weighted by Gasteiger charge is 2.30. The number of benzene rings is 2. The third-order valence-corrected chi connectivity index (χ3v) is 5.20. The van der Waals surface area contributed by atoms with Gasteiger partial charge in [0.05, 0.1) is 5.75 Å². The molecule has 0 aliphatic carbocycles. The van der Waals surface area contributed by atoms with E-state index in [4.69, 9.17) is 4.74 Å². The molecule has 1 heterocycles. The average Bonchev–Trinajstić information content (AvgIpc) is 2.95. The molecule has 1 amide bonds. The first-order chi connectivity index (χ1) is 12.0. The fourth-order valence-electron chi connectivity index (χ4n) is 2.98. The first-order valence-corrected chi connectivity index (χ1v) is 9.28. The van der Waals surface area contributed by atoms with Gasteiger partial charge in [-0.2, -0.15) is 0 Å². The first kappa shape index (κ1) is 17.5. The Kier molecular flexibility index (Phi) is 5.43. The predicted octanol–water partition coefficient (Wildman–Crippen LogP) is 3.61. The summed E-state index contributed by atoms with van der Waals surface area (Å²) in [7, 11) is 0. The molecule has 0 spiro atoms. The van der Waals surface area contributed by atoms with Gasteiger partial charge in [0.1, 0.15) is 0 Å². The molecule has 2 aromatic rings. The van der Waals surface area contributed by atoms with Crippen LogP contribution in [-0.2, 0) is 20.7 Å². The lowest BCUT2D eigenvalue weighted by molar-refractivity contribution is -0.145. The van der Waals surface area contributed by atoms with Crippen LogP contribution < -0.4 is 4.90 Å². The minimum absolute atomic E-state index is 0.0885. The van der Waals surface area contributed by atoms with Crippen molar-refractivity contribution in [1.82, 2.24) is 0 Å². The van der Waals surface area contributed by atoms with Crippen molar-refractivity contribution in [3.63, 3.8) is 0 Å². The molecule has 2 aromatic carbocycles. The molecule has 0 radical (unpaired) electrons. The van der Waals surface area contributed by atoms with Crippen molar-refractivity contribution in [3.8, 4) is 0 Å². The summed E-state index contributed by atoms with van der Waals surface area (Å²) in [5.74, 6) is -0.354. The maximum absolute atomic E-state index is 12.5. The number of hydrogen-bond donors (Lipinski definition) is 0. The Hall–Kier alpha value is -2.27. The van der Waals surface area contributed by atoms with Crippen molar-refractivity contribution < 1.29 is 14.3 Å². The summed E-state index contributed by atoms with van der Waals surface area (Å²) < 4.78 is 5.17. The van der Waals surface area contributed by atoms with E-state index in [1.54, 1.807) is 4.90 Å². The van der Waals surface area contributed by atoms with E-state index < -0.39 is 0 Å². The molecule has 3 rings (SSSR count). The molecule has 1 atom stereocenters. The molecule has 1 aliphatic rings. The van der Waals surface area contributed by atoms with Gasteiger partial charge in [-0.3, -0.25) is 9.59 Å². The van der Waals surface area contributed by atoms with Gasteiger partial charge in [0.15, 0.2) is 6.61 Å². The predicted molar refractivity (Wildman–Crippen MR) is 100.0 cm³/mol. The molecular weight excluding hydrogens is 334 g/mol. The molecule has 5 heteroatoms. The van der Waals surface area contributed by atoms with E-state index in [-0.39, 0.29) is 30.3 Å². The highest BCUT2D eigenvalue weighted by atomic mass is 32.2. The SMILES string of the molecule is Cc1ccc(SCC(=O)OCC(=O)N2c3ccccc3C[C@H]2C)cc1. The van der Waals surface area contributed by atoms with E-state index in [9.17, 15) is 9.59 Å². The van der Waals surface area contributed by atoms with Crippen molar-refractivity contribution in [1.29, 1.82) is 0 Å². The van der Waals surface area contributed by atoms with Crippen LogP contribution in [0.1, 0.15) is 18.1 Å². The lowest BCUT2D eigenvalue weighted by Crippen LogP contribution is -2.38. The molecular formula is C20H21NO3S. The van der Waals surface area contributed by atoms with Crippen LogP contribution in [0.5, 0.6) is 0 Å². The number of rotatable bonds is 5. The lowest BCUT2D eigenvalue weighted by atomic mass is 10.1. The summed E-state index contributed by atoms with van der Waals surface area (Å²) in [6, 6.07) is 15.9. The molecule has 0 saturated heterocycles. The van der Waals surface area contributed by atoms with E-state index in [1.807, 2.05) is 62.4 Å². The number of fused-ring (bicyclic) bond motifs is 1. The van der Waals surface area contributed by atoms with E-state index in [0.29, 0.717) is 0 Å². The van der Waals surface area contributed by atoms with Gasteiger partial charge in [-0.05, 0) is 44.0 Å². The lowest BCUT2D eigenvalue weighted by Gasteiger charge is -2.22. The molecule has 0 aromatic heterocycles. The molecule has 130 valence electrons. The van der Waals surface area contributed by atoms with Crippen molar-refractivity contribution in [3.05, 3.63) is 59.7 Å². The molecule has 0 bridgehead atoms. The number of carbonyl (C=O) groups is 2. The van der Waals surface area contributed by atoms with Gasteiger partial charge < -0.3 is 9.64 Å². The van der Waals surface area contributed by atoms with Crippen LogP contribution in [-0.4, -0.2) is 30.3 Å². The van der Waals surface area contributed by atoms with Crippen LogP contribution in [0, 0.1) is 6.92 Å². The Morgan fingerprint density at radius 1 is 1.16 bits per heavy atom. The topological polar surface area (TPSA) is 46.6 Å². The van der Waals surface area contributed by atoms with Crippen molar-refractivity contribution in [2.45, 2.75) is 31.2 Å². The second-order valence-electron chi connectivity index (χ2n) is 6.21. The zero-order valence-corrected chi connectivity index (χ0v) is 15.2. The van der Waals surface area contributed by atoms with E-state index in [1.165, 1.54) is 17.3 Å². The number of ether oxygens (including phenoxy) is 1. The van der Waals surface area contributed by atoms with Crippen molar-refractivity contribution in [2.24, 2.45) is 0 Å². The maximum Gasteiger partial charge on any atom is 0.316 e. The van der Waals surface area contributed by atoms with Gasteiger partial charge in [-0.1, -0.05) is 35.9 Å². The number of aryl methyl sites for hydroxylation is 1. The Labute approximate surface area is 152 Å². The highest BCUT2D eigenvalue weighted by Crippen LogP contribution is 2.31. The van der Waals surface area contributed by atoms with Crippen LogP contribution in [0.15, 0.2) is 53.4 Å². The molecule has 0 N–H and O–H groups in total. The zero-order valence-electron chi connectivity index (χ0n) is 14.4. The summed E-state index contributed by atoms with van der Waals surface area (Å²) in [5.41, 5.74) is 3.26. The number of anilines is 1. The van der Waals surface area contributed by atoms with E-state index >= 15 is 0 Å². The number of para-hydroxylation sites is 1. The van der Waals surface area contributed by atoms with E-state index in [0.717, 1.165) is 22.6 Å². The molecule has 0 fully saturated rings. The van der Waals surface area contributed by atoms with Gasteiger partial charge in [-0.15, -0.1) is 11.8 Å². The number of nitrogens with zero attached hydrogens (tertiary/aromatic N) is 1. The number of amides is 1. The minimum Gasteiger partial charge on any atom is -0.455 e. The molecule has 0 saturated carbocycles. The monoisotopic (exact) mass is 355 g/mol. The Morgan fingerprint density at radius 3 is 2.64 bits per heavy atom. The molecule has 1 aliphatic heterocycles. The number of thioether (sulfide) groups is 1. The van der Waals surface area contributed by atoms with Gasteiger partial charge in [0.2, 0.25) is 0 Å². The fraction of sp³-hybridized carbons (Fsp3) is 0.300. The smallest absolute Gasteiger partial charge is 0.316 e. The summed E-state index contributed by atoms with van der Waals surface area (Å²) >= 11 is 1.41. The van der Waals surface area contributed by atoms with Crippen LogP contribution in [0.3, 0.4) is 0 Å². The van der Waals surface area contributed by atoms with Gasteiger partial charge in [0, 0.05) is 16.6 Å². The third-order valence-electron chi connectivity index (χ3n) is 4.21. The summed E-state index contributed by atoms with van der Waals surface area (Å²) in [5, 5.41) is 0. The Balaban J connectivity index is 1.50. The quantitative estimate of drug-likeness (QED) is 0.607. The van der Waals surface area contributed by atoms with Gasteiger partial charge >= 0.3 is 5.97 Å². The average molecular weight is 355 g/mol. The Bertz CT molecular complexity index is 773. The minimum atomic E-state index is -0.376. The van der Waals surface area contributed by atoms with Crippen molar-refractivity contribution in [2.75, 3.05) is 17.3 Å². The first-order valence-electron chi connectivity index (χ1n) is 8.29. The number of esters is 1. The van der Waals surface area contributed by atoms with E-state index in [2.05, 4.69) is 0 Å². The van der Waals surface area contributed by atoms with Crippen LogP contribution >= 0.6 is 11.8 Å². The number of carbonyl (C=O) groups excluding carboxylic acids is 2. The van der Waals surface area contributed by atoms with Gasteiger partial charge in [0.25, 0.3) is 5.91 Å². The maximum atomic E-state index is 12.5. The second kappa shape index (κ2) is 7.74. The van der Waals surface area contributed by atoms with Gasteiger partial charge in [-0.25, -0.2) is 0 Å². The van der Waals surface area contributed by atoms with Crippen LogP contribution in [0.4, 0.5) is 5.69 Å². The molecule has 0 unspecified atom stereocenters. The second-order valence-corrected chi connectivity index (χ2v) is 7.26. The standard InChI is InChI=1S/C20H21NO3S/c1-14-7-9-17(10-8-14)25-13-20(23)24-12-19(22)21-15(2)11-16-5-3-4-6-18(16)21/h3-10,15H,11-13H2,1-2H3/t15-/m1/s1. The normalized spacial score (nSPS) is 15.8. The highest BCUT2D eigenvalue weighted by molar-refractivity contribution is 8.00. The summed E-state index contributed by atoms with van der Waals surface area (Å²) in [4.78, 5) is 27.1. The largest absolute Gasteiger partial charge is 0.455 e. The van der Waals surface area contributed by atoms with Crippen molar-refractivity contribution >= 4 is 29.3 Å². The molecule has 4 nitrogen and oxygen atoms in total. The number of hydrogen-bond acceptors (Lipinski definition) is 4. The Morgan fingerprint density at radius 2 is 1.88 bits per heavy atom. The third kappa shape index (κ3) is 4.23. The summed E-state index contributed by atoms with van der Waals surface area (Å²) in [6.07, 6.45) is 0.832. The zero-order chi connectivity index (χ0) is 17.8. The molecule has 25 heavy (non-hydrogen) atoms. The van der Waals surface area contributed by atoms with Crippen LogP contribution in [0.25, 0.3) is 0 Å². The fourth-order valence-corrected chi connectivity index (χ4v) is 3.67. The summed E-state index contributed by atoms with van der Waals surface area (Å²) in [6.45, 7) is 3.81. The van der Waals surface area contributed by atoms with Crippen LogP contribution in [0.2, 0.25) is 0 Å².